The van der Waals surface area contributed by atoms with Crippen molar-refractivity contribution in [2.45, 2.75) is 103 Å². The van der Waals surface area contributed by atoms with Crippen LogP contribution in [-0.4, -0.2) is 4.98 Å². The number of hydrogen-bond acceptors (Lipinski definition) is 0. The summed E-state index contributed by atoms with van der Waals surface area (Å²) in [7, 11) is 0. The molecule has 2 heteroatoms. The lowest BCUT2D eigenvalue weighted by molar-refractivity contribution is -0.729. The minimum Gasteiger partial charge on any atom is -0.250 e. The number of hydrogen-bond donors (Lipinski definition) is 1. The Bertz CT molecular complexity index is 576. The summed E-state index contributed by atoms with van der Waals surface area (Å²) >= 11 is 0. The molecule has 0 bridgehead atoms. The van der Waals surface area contributed by atoms with Crippen molar-refractivity contribution in [1.29, 1.82) is 0 Å². The van der Waals surface area contributed by atoms with Gasteiger partial charge in [-0.3, -0.25) is 4.98 Å². The topological polar surface area (TPSA) is 19.7 Å². The number of nitrogens with one attached hydrogen (secondary N) is 1. The normalized spacial score (nSPS) is 13.5. The number of nitrogens with zero attached hydrogens (tertiary/aromatic N) is 1. The van der Waals surface area contributed by atoms with E-state index in [1.54, 1.807) is 0 Å². The second kappa shape index (κ2) is 14.4. The number of imidazole rings is 1. The number of aromatic nitrogens is 2. The van der Waals surface area contributed by atoms with Crippen LogP contribution in [0.1, 0.15) is 103 Å². The maximum absolute atomic E-state index is 3.23. The molecule has 0 fully saturated rings. The zero-order chi connectivity index (χ0) is 19.9. The van der Waals surface area contributed by atoms with Crippen LogP contribution in [-0.2, 0) is 6.42 Å². The second-order valence-electron chi connectivity index (χ2n) is 8.62. The Morgan fingerprint density at radius 1 is 0.821 bits per heavy atom. The molecular formula is C26H43N2+. The monoisotopic (exact) mass is 383 g/mol. The molecule has 1 heterocycles. The van der Waals surface area contributed by atoms with E-state index in [9.17, 15) is 0 Å². The van der Waals surface area contributed by atoms with Gasteiger partial charge < -0.3 is 0 Å². The molecule has 2 nitrogen and oxygen atoms in total. The molecule has 0 saturated carbocycles. The van der Waals surface area contributed by atoms with Gasteiger partial charge in [0.25, 0.3) is 0 Å². The maximum Gasteiger partial charge on any atom is 0.241 e. The van der Waals surface area contributed by atoms with Crippen molar-refractivity contribution in [2.24, 2.45) is 5.92 Å². The summed E-state index contributed by atoms with van der Waals surface area (Å²) in [5.41, 5.74) is 1.45. The first-order valence-corrected chi connectivity index (χ1v) is 11.9. The molecule has 0 aliphatic carbocycles. The molecule has 2 rings (SSSR count). The van der Waals surface area contributed by atoms with Gasteiger partial charge in [0.2, 0.25) is 6.33 Å². The van der Waals surface area contributed by atoms with E-state index in [-0.39, 0.29) is 0 Å². The van der Waals surface area contributed by atoms with Gasteiger partial charge in [-0.05, 0) is 24.8 Å². The molecule has 1 aromatic heterocycles. The Kier molecular flexibility index (Phi) is 11.7. The predicted octanol–water partition coefficient (Wildman–Crippen LogP) is 7.42. The molecule has 0 radical (unpaired) electrons. The third-order valence-corrected chi connectivity index (χ3v) is 6.11. The highest BCUT2D eigenvalue weighted by Crippen LogP contribution is 2.23. The molecule has 0 amide bonds. The van der Waals surface area contributed by atoms with Crippen LogP contribution in [0, 0.1) is 5.92 Å². The van der Waals surface area contributed by atoms with Crippen molar-refractivity contribution in [2.75, 3.05) is 0 Å². The number of aromatic amines is 1. The van der Waals surface area contributed by atoms with Gasteiger partial charge in [0, 0.05) is 5.92 Å². The maximum atomic E-state index is 3.23. The van der Waals surface area contributed by atoms with Crippen LogP contribution in [0.4, 0.5) is 0 Å². The molecule has 0 aliphatic heterocycles. The fourth-order valence-electron chi connectivity index (χ4n) is 4.37. The minimum absolute atomic E-state index is 0.588. The van der Waals surface area contributed by atoms with E-state index < -0.39 is 0 Å². The van der Waals surface area contributed by atoms with E-state index in [1.165, 1.54) is 82.6 Å². The Morgan fingerprint density at radius 2 is 1.43 bits per heavy atom. The average Bonchev–Trinajstić information content (AvgIpc) is 3.24. The zero-order valence-corrected chi connectivity index (χ0v) is 18.4. The highest BCUT2D eigenvalue weighted by molar-refractivity contribution is 5.15. The Labute approximate surface area is 173 Å². The van der Waals surface area contributed by atoms with E-state index in [0.717, 1.165) is 6.42 Å². The van der Waals surface area contributed by atoms with E-state index in [2.05, 4.69) is 66.3 Å². The van der Waals surface area contributed by atoms with Crippen molar-refractivity contribution in [3.05, 3.63) is 54.6 Å². The molecule has 2 atom stereocenters. The molecule has 0 spiro atoms. The van der Waals surface area contributed by atoms with Gasteiger partial charge in [-0.1, -0.05) is 108 Å². The minimum atomic E-state index is 0.588. The van der Waals surface area contributed by atoms with Crippen LogP contribution in [0.3, 0.4) is 0 Å². The second-order valence-corrected chi connectivity index (χ2v) is 8.62. The zero-order valence-electron chi connectivity index (χ0n) is 18.4. The van der Waals surface area contributed by atoms with Crippen molar-refractivity contribution < 1.29 is 4.57 Å². The van der Waals surface area contributed by atoms with Gasteiger partial charge >= 0.3 is 0 Å². The lowest BCUT2D eigenvalue weighted by Crippen LogP contribution is -2.41. The first-order valence-electron chi connectivity index (χ1n) is 11.9. The number of benzene rings is 1. The summed E-state index contributed by atoms with van der Waals surface area (Å²) in [5.74, 6) is 0.645. The van der Waals surface area contributed by atoms with Gasteiger partial charge in [-0.25, -0.2) is 4.57 Å². The van der Waals surface area contributed by atoms with Crippen molar-refractivity contribution in [3.8, 4) is 0 Å². The molecule has 28 heavy (non-hydrogen) atoms. The van der Waals surface area contributed by atoms with Gasteiger partial charge in [0.15, 0.2) is 0 Å². The van der Waals surface area contributed by atoms with Gasteiger partial charge in [-0.15, -0.1) is 0 Å². The quantitative estimate of drug-likeness (QED) is 0.230. The van der Waals surface area contributed by atoms with Crippen LogP contribution in [0.15, 0.2) is 49.1 Å². The molecule has 0 saturated heterocycles. The van der Waals surface area contributed by atoms with E-state index in [0.29, 0.717) is 12.0 Å². The van der Waals surface area contributed by atoms with Crippen molar-refractivity contribution in [3.63, 3.8) is 0 Å². The number of unbranched alkanes of at least 4 members (excludes halogenated alkanes) is 10. The fourth-order valence-corrected chi connectivity index (χ4v) is 4.37. The highest BCUT2D eigenvalue weighted by Gasteiger charge is 2.23. The molecule has 1 N–H and O–H groups in total. The van der Waals surface area contributed by atoms with Crippen molar-refractivity contribution in [1.82, 2.24) is 4.98 Å². The lowest BCUT2D eigenvalue weighted by atomic mass is 9.90. The lowest BCUT2D eigenvalue weighted by Gasteiger charge is -2.21. The average molecular weight is 384 g/mol. The van der Waals surface area contributed by atoms with E-state index >= 15 is 0 Å². The van der Waals surface area contributed by atoms with Crippen molar-refractivity contribution >= 4 is 0 Å². The molecule has 0 aliphatic rings. The SMILES string of the molecule is CCCCCCCCCCCCCC(C(C)Cc1ccccc1)[n+]1cc[nH]c1. The van der Waals surface area contributed by atoms with Gasteiger partial charge in [0.05, 0.1) is 0 Å². The highest BCUT2D eigenvalue weighted by atomic mass is 15.1. The van der Waals surface area contributed by atoms with Crippen LogP contribution >= 0.6 is 0 Å². The van der Waals surface area contributed by atoms with Gasteiger partial charge in [-0.2, -0.15) is 0 Å². The standard InChI is InChI=1S/C26H42N2/c1-3-4-5-6-7-8-9-10-11-12-16-19-26(28-21-20-27-23-28)24(2)22-25-17-14-13-15-18-25/h13-15,17-18,20-21,23-24,26H,3-12,16,19,22H2,1-2H3/p+1. The Morgan fingerprint density at radius 3 is 2.00 bits per heavy atom. The first kappa shape index (κ1) is 22.7. The largest absolute Gasteiger partial charge is 0.250 e. The van der Waals surface area contributed by atoms with Crippen LogP contribution in [0.5, 0.6) is 0 Å². The number of H-pyrrole nitrogens is 1. The first-order chi connectivity index (χ1) is 13.8. The van der Waals surface area contributed by atoms with Crippen LogP contribution in [0.25, 0.3) is 0 Å². The summed E-state index contributed by atoms with van der Waals surface area (Å²) < 4.78 is 2.39. The fraction of sp³-hybridized carbons (Fsp3) is 0.654. The van der Waals surface area contributed by atoms with E-state index in [1.807, 2.05) is 6.20 Å². The number of rotatable bonds is 16. The summed E-state index contributed by atoms with van der Waals surface area (Å²) in [6.07, 6.45) is 24.4. The smallest absolute Gasteiger partial charge is 0.241 e. The third kappa shape index (κ3) is 9.08. The van der Waals surface area contributed by atoms with Crippen LogP contribution < -0.4 is 4.57 Å². The predicted molar refractivity (Wildman–Crippen MR) is 120 cm³/mol. The van der Waals surface area contributed by atoms with Crippen LogP contribution in [0.2, 0.25) is 0 Å². The van der Waals surface area contributed by atoms with E-state index in [4.69, 9.17) is 0 Å². The third-order valence-electron chi connectivity index (χ3n) is 6.11. The molecular weight excluding hydrogens is 340 g/mol. The van der Waals surface area contributed by atoms with Gasteiger partial charge in [0.1, 0.15) is 18.4 Å². The Hall–Kier alpha value is -1.57. The summed E-state index contributed by atoms with van der Waals surface area (Å²) in [6, 6.07) is 11.5. The summed E-state index contributed by atoms with van der Waals surface area (Å²) in [6.45, 7) is 4.71. The Balaban J connectivity index is 1.64. The summed E-state index contributed by atoms with van der Waals surface area (Å²) in [5, 5.41) is 0. The molecule has 156 valence electrons. The molecule has 2 aromatic rings. The summed E-state index contributed by atoms with van der Waals surface area (Å²) in [4.78, 5) is 3.23. The molecule has 1 aromatic carbocycles. The molecule has 2 unspecified atom stereocenters.